The summed E-state index contributed by atoms with van der Waals surface area (Å²) in [7, 11) is 0. The summed E-state index contributed by atoms with van der Waals surface area (Å²) in [6.45, 7) is 0. The van der Waals surface area contributed by atoms with Crippen LogP contribution in [-0.2, 0) is 0 Å². The maximum atomic E-state index is 6.84. The smallest absolute Gasteiger partial charge is 0.145 e. The van der Waals surface area contributed by atoms with Crippen LogP contribution in [-0.4, -0.2) is 4.57 Å². The number of para-hydroxylation sites is 6. The maximum Gasteiger partial charge on any atom is 0.145 e. The Morgan fingerprint density at radius 2 is 0.931 bits per heavy atom. The molecule has 58 heavy (non-hydrogen) atoms. The number of fused-ring (bicyclic) bond motifs is 9. The summed E-state index contributed by atoms with van der Waals surface area (Å²) in [6, 6.07) is 73.0. The van der Waals surface area contributed by atoms with Crippen LogP contribution in [0, 0.1) is 0 Å². The van der Waals surface area contributed by atoms with Crippen LogP contribution < -0.4 is 4.90 Å². The molecule has 0 atom stereocenters. The van der Waals surface area contributed by atoms with Crippen LogP contribution in [0.2, 0.25) is 0 Å². The molecule has 0 bridgehead atoms. The first-order valence-electron chi connectivity index (χ1n) is 19.7. The first-order chi connectivity index (χ1) is 28.8. The molecule has 3 aromatic heterocycles. The Morgan fingerprint density at radius 3 is 1.69 bits per heavy atom. The SMILES string of the molecule is c1ccc(N(c2cccc(-c3cccc4c3oc3ccccc34)c2)c2ccc(-c3ccc(-n4c5ccccc5c5ccccc54)cc3)c3oc4ccccc4c23)cc1. The zero-order valence-corrected chi connectivity index (χ0v) is 31.3. The van der Waals surface area contributed by atoms with E-state index in [4.69, 9.17) is 8.83 Å². The minimum absolute atomic E-state index is 0.853. The van der Waals surface area contributed by atoms with E-state index in [1.807, 2.05) is 18.2 Å². The van der Waals surface area contributed by atoms with Crippen molar-refractivity contribution in [2.75, 3.05) is 4.90 Å². The van der Waals surface area contributed by atoms with Gasteiger partial charge in [-0.25, -0.2) is 0 Å². The predicted molar refractivity (Wildman–Crippen MR) is 241 cm³/mol. The van der Waals surface area contributed by atoms with Gasteiger partial charge in [0.15, 0.2) is 0 Å². The molecule has 0 radical (unpaired) electrons. The fourth-order valence-electron chi connectivity index (χ4n) is 9.01. The Morgan fingerprint density at radius 1 is 0.362 bits per heavy atom. The van der Waals surface area contributed by atoms with E-state index in [9.17, 15) is 0 Å². The molecule has 12 aromatic rings. The molecule has 0 amide bonds. The van der Waals surface area contributed by atoms with Crippen molar-refractivity contribution in [2.24, 2.45) is 0 Å². The molecule has 272 valence electrons. The highest BCUT2D eigenvalue weighted by Crippen LogP contribution is 2.47. The van der Waals surface area contributed by atoms with Crippen molar-refractivity contribution in [3.8, 4) is 27.9 Å². The summed E-state index contributed by atoms with van der Waals surface area (Å²) in [5.74, 6) is 0. The minimum Gasteiger partial charge on any atom is -0.455 e. The van der Waals surface area contributed by atoms with Gasteiger partial charge in [-0.3, -0.25) is 0 Å². The summed E-state index contributed by atoms with van der Waals surface area (Å²) < 4.78 is 15.7. The molecule has 12 rings (SSSR count). The van der Waals surface area contributed by atoms with Crippen molar-refractivity contribution in [2.45, 2.75) is 0 Å². The zero-order valence-electron chi connectivity index (χ0n) is 31.3. The summed E-state index contributed by atoms with van der Waals surface area (Å²) in [5.41, 5.74) is 14.4. The maximum absolute atomic E-state index is 6.84. The second-order valence-electron chi connectivity index (χ2n) is 14.9. The van der Waals surface area contributed by atoms with Crippen LogP contribution in [0.4, 0.5) is 17.1 Å². The molecule has 0 saturated heterocycles. The molecule has 0 N–H and O–H groups in total. The van der Waals surface area contributed by atoms with Gasteiger partial charge in [0.1, 0.15) is 22.3 Å². The fraction of sp³-hybridized carbons (Fsp3) is 0. The van der Waals surface area contributed by atoms with Crippen molar-refractivity contribution >= 4 is 82.7 Å². The summed E-state index contributed by atoms with van der Waals surface area (Å²) in [6.07, 6.45) is 0. The van der Waals surface area contributed by atoms with Gasteiger partial charge in [-0.1, -0.05) is 133 Å². The summed E-state index contributed by atoms with van der Waals surface area (Å²) in [4.78, 5) is 2.35. The molecule has 0 aliphatic carbocycles. The quantitative estimate of drug-likeness (QED) is 0.170. The zero-order chi connectivity index (χ0) is 38.2. The van der Waals surface area contributed by atoms with Crippen LogP contribution >= 0.6 is 0 Å². The number of benzene rings is 9. The van der Waals surface area contributed by atoms with Crippen molar-refractivity contribution in [3.05, 3.63) is 206 Å². The Bertz CT molecular complexity index is 3460. The highest BCUT2D eigenvalue weighted by molar-refractivity contribution is 6.17. The molecule has 4 heteroatoms. The number of aromatic nitrogens is 1. The molecular formula is C54H34N2O2. The van der Waals surface area contributed by atoms with E-state index < -0.39 is 0 Å². The van der Waals surface area contributed by atoms with Gasteiger partial charge in [0.25, 0.3) is 0 Å². The molecule has 0 spiro atoms. The molecule has 0 fully saturated rings. The molecule has 0 unspecified atom stereocenters. The third kappa shape index (κ3) is 4.95. The topological polar surface area (TPSA) is 34.5 Å². The standard InChI is InChI=1S/C54H34N2O2/c1-2-15-37(16-3-1)55(39-17-12-14-36(34-39)40-22-13-23-45-44-20-6-10-26-50(44)57-53(40)45)49-33-32-41(54-52(49)46-21-7-11-27-51(46)58-54)35-28-30-38(31-29-35)56-47-24-8-4-18-42(47)43-19-5-9-25-48(43)56/h1-34H. The molecule has 4 nitrogen and oxygen atoms in total. The lowest BCUT2D eigenvalue weighted by Gasteiger charge is -2.27. The highest BCUT2D eigenvalue weighted by Gasteiger charge is 2.23. The van der Waals surface area contributed by atoms with Crippen molar-refractivity contribution < 1.29 is 8.83 Å². The van der Waals surface area contributed by atoms with E-state index in [1.165, 1.54) is 21.8 Å². The van der Waals surface area contributed by atoms with Gasteiger partial charge in [-0.2, -0.15) is 0 Å². The van der Waals surface area contributed by atoms with E-state index in [0.29, 0.717) is 0 Å². The van der Waals surface area contributed by atoms with Gasteiger partial charge in [0, 0.05) is 55.1 Å². The number of rotatable bonds is 6. The first-order valence-corrected chi connectivity index (χ1v) is 19.7. The first kappa shape index (κ1) is 32.4. The van der Waals surface area contributed by atoms with Crippen LogP contribution in [0.3, 0.4) is 0 Å². The summed E-state index contributed by atoms with van der Waals surface area (Å²) in [5, 5.41) is 6.87. The van der Waals surface area contributed by atoms with Crippen LogP contribution in [0.5, 0.6) is 0 Å². The van der Waals surface area contributed by atoms with Gasteiger partial charge in [0.2, 0.25) is 0 Å². The van der Waals surface area contributed by atoms with Gasteiger partial charge in [0.05, 0.1) is 22.1 Å². The number of hydrogen-bond acceptors (Lipinski definition) is 3. The lowest BCUT2D eigenvalue weighted by atomic mass is 9.98. The van der Waals surface area contributed by atoms with Gasteiger partial charge >= 0.3 is 0 Å². The normalized spacial score (nSPS) is 11.8. The Hall–Kier alpha value is -7.82. The van der Waals surface area contributed by atoms with E-state index in [0.717, 1.165) is 88.9 Å². The number of furan rings is 2. The largest absolute Gasteiger partial charge is 0.455 e. The van der Waals surface area contributed by atoms with E-state index >= 15 is 0 Å². The number of hydrogen-bond donors (Lipinski definition) is 0. The van der Waals surface area contributed by atoms with Gasteiger partial charge in [-0.15, -0.1) is 0 Å². The van der Waals surface area contributed by atoms with E-state index in [2.05, 4.69) is 198 Å². The monoisotopic (exact) mass is 742 g/mol. The Kier molecular flexibility index (Phi) is 7.20. The van der Waals surface area contributed by atoms with Gasteiger partial charge < -0.3 is 18.3 Å². The molecular weight excluding hydrogens is 709 g/mol. The van der Waals surface area contributed by atoms with Crippen LogP contribution in [0.15, 0.2) is 215 Å². The van der Waals surface area contributed by atoms with Crippen molar-refractivity contribution in [1.82, 2.24) is 4.57 Å². The van der Waals surface area contributed by atoms with Crippen molar-refractivity contribution in [3.63, 3.8) is 0 Å². The Balaban J connectivity index is 1.03. The van der Waals surface area contributed by atoms with Crippen LogP contribution in [0.1, 0.15) is 0 Å². The molecule has 9 aromatic carbocycles. The van der Waals surface area contributed by atoms with Crippen molar-refractivity contribution in [1.29, 1.82) is 0 Å². The molecule has 0 aliphatic heterocycles. The van der Waals surface area contributed by atoms with E-state index in [-0.39, 0.29) is 0 Å². The number of anilines is 3. The fourth-order valence-corrected chi connectivity index (χ4v) is 9.01. The van der Waals surface area contributed by atoms with Gasteiger partial charge in [-0.05, 0) is 83.9 Å². The highest BCUT2D eigenvalue weighted by atomic mass is 16.3. The van der Waals surface area contributed by atoms with E-state index in [1.54, 1.807) is 0 Å². The third-order valence-electron chi connectivity index (χ3n) is 11.6. The molecule has 3 heterocycles. The third-order valence-corrected chi connectivity index (χ3v) is 11.6. The molecule has 0 aliphatic rings. The van der Waals surface area contributed by atoms with Crippen LogP contribution in [0.25, 0.3) is 93.6 Å². The lowest BCUT2D eigenvalue weighted by molar-refractivity contribution is 0.669. The lowest BCUT2D eigenvalue weighted by Crippen LogP contribution is -2.10. The minimum atomic E-state index is 0.853. The molecule has 0 saturated carbocycles. The average molecular weight is 743 g/mol. The average Bonchev–Trinajstić information content (AvgIpc) is 3.98. The second-order valence-corrected chi connectivity index (χ2v) is 14.9. The Labute approximate surface area is 334 Å². The number of nitrogens with zero attached hydrogens (tertiary/aromatic N) is 2. The predicted octanol–water partition coefficient (Wildman–Crippen LogP) is 15.4. The summed E-state index contributed by atoms with van der Waals surface area (Å²) >= 11 is 0. The second kappa shape index (κ2) is 12.9.